The van der Waals surface area contributed by atoms with E-state index < -0.39 is 0 Å². The van der Waals surface area contributed by atoms with Gasteiger partial charge in [0.2, 0.25) is 0 Å². The van der Waals surface area contributed by atoms with Crippen LogP contribution in [0, 0.1) is 35.5 Å². The maximum absolute atomic E-state index is 2.69. The van der Waals surface area contributed by atoms with Crippen LogP contribution in [0.3, 0.4) is 0 Å². The van der Waals surface area contributed by atoms with Crippen molar-refractivity contribution in [2.45, 2.75) is 101 Å². The van der Waals surface area contributed by atoms with Gasteiger partial charge in [-0.1, -0.05) is 62.3 Å². The summed E-state index contributed by atoms with van der Waals surface area (Å²) in [5.41, 5.74) is 0.249. The summed E-state index contributed by atoms with van der Waals surface area (Å²) < 4.78 is 0. The first-order chi connectivity index (χ1) is 10.3. The molecular formula is C22H47N. The molecule has 1 nitrogen and oxygen atoms in total. The molecule has 140 valence electrons. The Balaban J connectivity index is 5.30. The Morgan fingerprint density at radius 3 is 1.48 bits per heavy atom. The van der Waals surface area contributed by atoms with Gasteiger partial charge < -0.3 is 0 Å². The Morgan fingerprint density at radius 1 is 0.739 bits per heavy atom. The maximum atomic E-state index is 2.69. The van der Waals surface area contributed by atoms with Gasteiger partial charge in [0.05, 0.1) is 0 Å². The zero-order chi connectivity index (χ0) is 18.5. The smallest absolute Gasteiger partial charge is 0.0176 e. The van der Waals surface area contributed by atoms with E-state index in [1.54, 1.807) is 0 Å². The van der Waals surface area contributed by atoms with Crippen molar-refractivity contribution < 1.29 is 0 Å². The summed E-state index contributed by atoms with van der Waals surface area (Å²) in [5.74, 6) is 4.55. The molecule has 0 fully saturated rings. The number of hydrogen-bond acceptors (Lipinski definition) is 1. The standard InChI is InChI=1S/C22H47N/c1-15(2)13-21(23(12)22(10,11)18(7)8)19(9)14-20(16(3)4)17(5)6/h15-21H,13-14H2,1-12H3. The zero-order valence-electron chi connectivity index (χ0n) is 18.4. The Hall–Kier alpha value is -0.0400. The third kappa shape index (κ3) is 6.77. The highest BCUT2D eigenvalue weighted by Gasteiger charge is 2.36. The van der Waals surface area contributed by atoms with Crippen molar-refractivity contribution >= 4 is 0 Å². The van der Waals surface area contributed by atoms with Gasteiger partial charge in [-0.05, 0) is 69.2 Å². The normalized spacial score (nSPS) is 16.4. The zero-order valence-corrected chi connectivity index (χ0v) is 18.4. The molecule has 0 aliphatic heterocycles. The van der Waals surface area contributed by atoms with E-state index in [1.807, 2.05) is 0 Å². The molecule has 0 radical (unpaired) electrons. The lowest BCUT2D eigenvalue weighted by Gasteiger charge is -2.47. The number of nitrogens with zero attached hydrogens (tertiary/aromatic N) is 1. The first-order valence-electron chi connectivity index (χ1n) is 10.0. The van der Waals surface area contributed by atoms with Gasteiger partial charge >= 0.3 is 0 Å². The molecule has 0 saturated heterocycles. The van der Waals surface area contributed by atoms with Crippen LogP contribution in [0.5, 0.6) is 0 Å². The van der Waals surface area contributed by atoms with Crippen LogP contribution >= 0.6 is 0 Å². The summed E-state index contributed by atoms with van der Waals surface area (Å²) in [7, 11) is 2.36. The topological polar surface area (TPSA) is 3.24 Å². The van der Waals surface area contributed by atoms with E-state index in [0.717, 1.165) is 29.6 Å². The molecule has 0 rings (SSSR count). The van der Waals surface area contributed by atoms with Crippen LogP contribution in [0.15, 0.2) is 0 Å². The maximum Gasteiger partial charge on any atom is 0.0176 e. The lowest BCUT2D eigenvalue weighted by Crippen LogP contribution is -2.53. The van der Waals surface area contributed by atoms with E-state index in [1.165, 1.54) is 12.8 Å². The van der Waals surface area contributed by atoms with Gasteiger partial charge in [0.15, 0.2) is 0 Å². The number of rotatable bonds is 10. The average Bonchev–Trinajstić information content (AvgIpc) is 2.39. The van der Waals surface area contributed by atoms with Crippen molar-refractivity contribution in [2.24, 2.45) is 35.5 Å². The van der Waals surface area contributed by atoms with Gasteiger partial charge in [-0.2, -0.15) is 0 Å². The molecule has 0 aliphatic rings. The average molecular weight is 326 g/mol. The van der Waals surface area contributed by atoms with Crippen LogP contribution in [-0.2, 0) is 0 Å². The van der Waals surface area contributed by atoms with E-state index in [0.29, 0.717) is 12.0 Å². The number of hydrogen-bond donors (Lipinski definition) is 0. The molecule has 0 aliphatic carbocycles. The van der Waals surface area contributed by atoms with Crippen LogP contribution < -0.4 is 0 Å². The monoisotopic (exact) mass is 325 g/mol. The van der Waals surface area contributed by atoms with Gasteiger partial charge in [0.1, 0.15) is 0 Å². The molecule has 0 amide bonds. The van der Waals surface area contributed by atoms with Crippen molar-refractivity contribution in [3.8, 4) is 0 Å². The van der Waals surface area contributed by atoms with Crippen LogP contribution in [0.2, 0.25) is 0 Å². The molecule has 0 aromatic carbocycles. The van der Waals surface area contributed by atoms with Crippen LogP contribution in [0.1, 0.15) is 89.0 Å². The van der Waals surface area contributed by atoms with E-state index in [2.05, 4.69) is 88.1 Å². The van der Waals surface area contributed by atoms with Gasteiger partial charge in [0.25, 0.3) is 0 Å². The van der Waals surface area contributed by atoms with Crippen molar-refractivity contribution in [1.29, 1.82) is 0 Å². The molecule has 0 spiro atoms. The Morgan fingerprint density at radius 2 is 1.17 bits per heavy atom. The van der Waals surface area contributed by atoms with Crippen LogP contribution in [-0.4, -0.2) is 23.5 Å². The molecule has 0 saturated carbocycles. The second-order valence-electron chi connectivity index (χ2n) is 9.98. The van der Waals surface area contributed by atoms with E-state index in [-0.39, 0.29) is 5.54 Å². The minimum atomic E-state index is 0.249. The minimum absolute atomic E-state index is 0.249. The molecule has 2 atom stereocenters. The molecule has 1 heteroatoms. The Labute approximate surface area is 148 Å². The quantitative estimate of drug-likeness (QED) is 0.431. The van der Waals surface area contributed by atoms with E-state index in [9.17, 15) is 0 Å². The highest BCUT2D eigenvalue weighted by Crippen LogP contribution is 2.35. The summed E-state index contributed by atoms with van der Waals surface area (Å²) >= 11 is 0. The second kappa shape index (κ2) is 9.44. The predicted molar refractivity (Wildman–Crippen MR) is 107 cm³/mol. The molecule has 2 unspecified atom stereocenters. The van der Waals surface area contributed by atoms with Gasteiger partial charge in [-0.15, -0.1) is 0 Å². The SMILES string of the molecule is CC(C)CC(C(C)CC(C(C)C)C(C)C)N(C)C(C)(C)C(C)C. The predicted octanol–water partition coefficient (Wildman–Crippen LogP) is 6.72. The van der Waals surface area contributed by atoms with Gasteiger partial charge in [-0.25, -0.2) is 0 Å². The molecule has 0 N–H and O–H groups in total. The lowest BCUT2D eigenvalue weighted by molar-refractivity contribution is 0.0178. The lowest BCUT2D eigenvalue weighted by atomic mass is 9.75. The molecule has 0 bridgehead atoms. The first kappa shape index (κ1) is 23.0. The highest BCUT2D eigenvalue weighted by molar-refractivity contribution is 4.90. The van der Waals surface area contributed by atoms with Gasteiger partial charge in [0, 0.05) is 11.6 Å². The molecule has 0 aromatic rings. The fraction of sp³-hybridized carbons (Fsp3) is 1.00. The summed E-state index contributed by atoms with van der Waals surface area (Å²) in [6, 6.07) is 0.674. The summed E-state index contributed by atoms with van der Waals surface area (Å²) in [6.07, 6.45) is 2.65. The minimum Gasteiger partial charge on any atom is -0.298 e. The van der Waals surface area contributed by atoms with Crippen LogP contribution in [0.25, 0.3) is 0 Å². The van der Waals surface area contributed by atoms with E-state index in [4.69, 9.17) is 0 Å². The third-order valence-electron chi connectivity index (χ3n) is 6.55. The summed E-state index contributed by atoms with van der Waals surface area (Å²) in [6.45, 7) is 26.4. The Bertz CT molecular complexity index is 306. The van der Waals surface area contributed by atoms with Crippen molar-refractivity contribution in [3.63, 3.8) is 0 Å². The highest BCUT2D eigenvalue weighted by atomic mass is 15.2. The van der Waals surface area contributed by atoms with Gasteiger partial charge in [-0.3, -0.25) is 4.90 Å². The largest absolute Gasteiger partial charge is 0.298 e. The molecule has 0 heterocycles. The first-order valence-corrected chi connectivity index (χ1v) is 10.0. The summed E-state index contributed by atoms with van der Waals surface area (Å²) in [5, 5.41) is 0. The van der Waals surface area contributed by atoms with Crippen molar-refractivity contribution in [2.75, 3.05) is 7.05 Å². The molecule has 0 aromatic heterocycles. The van der Waals surface area contributed by atoms with Crippen molar-refractivity contribution in [3.05, 3.63) is 0 Å². The Kier molecular flexibility index (Phi) is 9.43. The van der Waals surface area contributed by atoms with Crippen LogP contribution in [0.4, 0.5) is 0 Å². The molecular weight excluding hydrogens is 278 g/mol. The fourth-order valence-electron chi connectivity index (χ4n) is 3.99. The van der Waals surface area contributed by atoms with E-state index >= 15 is 0 Å². The summed E-state index contributed by atoms with van der Waals surface area (Å²) in [4.78, 5) is 2.69. The fourth-order valence-corrected chi connectivity index (χ4v) is 3.99. The second-order valence-corrected chi connectivity index (χ2v) is 9.98. The van der Waals surface area contributed by atoms with Crippen molar-refractivity contribution in [1.82, 2.24) is 4.90 Å². The third-order valence-corrected chi connectivity index (χ3v) is 6.55. The molecule has 23 heavy (non-hydrogen) atoms.